The molecule has 1 amide bonds. The van der Waals surface area contributed by atoms with Crippen molar-refractivity contribution in [3.63, 3.8) is 0 Å². The summed E-state index contributed by atoms with van der Waals surface area (Å²) in [4.78, 5) is 12.5. The van der Waals surface area contributed by atoms with Gasteiger partial charge in [-0.3, -0.25) is 14.2 Å². The van der Waals surface area contributed by atoms with Crippen molar-refractivity contribution in [2.45, 2.75) is 57.3 Å². The molecule has 28 heavy (non-hydrogen) atoms. The summed E-state index contributed by atoms with van der Waals surface area (Å²) in [6, 6.07) is 0. The standard InChI is InChI=1S/C17H20BrClF3N5O/c1-16(2,27-9-11(18)8-24-27)15(28)23-6-3-7-26-13(10-4-5-10)12(19)14(25-26)17(20,21)22/h8-10H,3-7H2,1-2H3,(H,23,28). The van der Waals surface area contributed by atoms with Gasteiger partial charge in [-0.2, -0.15) is 23.4 Å². The summed E-state index contributed by atoms with van der Waals surface area (Å²) in [5.41, 5.74) is -1.49. The summed E-state index contributed by atoms with van der Waals surface area (Å²) in [6.45, 7) is 4.01. The molecule has 6 nitrogen and oxygen atoms in total. The molecule has 1 fully saturated rings. The zero-order valence-electron chi connectivity index (χ0n) is 15.4. The first-order valence-electron chi connectivity index (χ1n) is 8.84. The number of aryl methyl sites for hydroxylation is 1. The van der Waals surface area contributed by atoms with Crippen LogP contribution >= 0.6 is 27.5 Å². The summed E-state index contributed by atoms with van der Waals surface area (Å²) >= 11 is 9.25. The predicted molar refractivity (Wildman–Crippen MR) is 101 cm³/mol. The van der Waals surface area contributed by atoms with E-state index in [2.05, 4.69) is 31.4 Å². The van der Waals surface area contributed by atoms with Crippen LogP contribution in [0.5, 0.6) is 0 Å². The fourth-order valence-electron chi connectivity index (χ4n) is 2.91. The number of halogens is 5. The van der Waals surface area contributed by atoms with Gasteiger partial charge in [0.15, 0.2) is 5.69 Å². The predicted octanol–water partition coefficient (Wildman–Crippen LogP) is 4.33. The Hall–Kier alpha value is -1.55. The molecule has 154 valence electrons. The normalized spacial score (nSPS) is 15.1. The van der Waals surface area contributed by atoms with Crippen LogP contribution in [-0.2, 0) is 23.1 Å². The number of rotatable bonds is 7. The zero-order chi connectivity index (χ0) is 20.7. The van der Waals surface area contributed by atoms with Gasteiger partial charge in [-0.25, -0.2) is 0 Å². The molecule has 1 aliphatic rings. The van der Waals surface area contributed by atoms with Gasteiger partial charge < -0.3 is 5.32 Å². The number of carbonyl (C=O) groups excluding carboxylic acids is 1. The molecule has 1 saturated carbocycles. The number of alkyl halides is 3. The molecule has 0 bridgehead atoms. The van der Waals surface area contributed by atoms with Crippen LogP contribution in [0.1, 0.15) is 50.4 Å². The van der Waals surface area contributed by atoms with Gasteiger partial charge in [-0.15, -0.1) is 0 Å². The molecule has 0 aliphatic heterocycles. The Kier molecular flexibility index (Phi) is 5.82. The molecule has 3 rings (SSSR count). The number of amides is 1. The minimum atomic E-state index is -4.58. The second kappa shape index (κ2) is 7.70. The van der Waals surface area contributed by atoms with Gasteiger partial charge in [-0.1, -0.05) is 11.6 Å². The van der Waals surface area contributed by atoms with Crippen molar-refractivity contribution in [2.24, 2.45) is 0 Å². The number of carbonyl (C=O) groups is 1. The Morgan fingerprint density at radius 2 is 2.07 bits per heavy atom. The quantitative estimate of drug-likeness (QED) is 0.597. The van der Waals surface area contributed by atoms with Gasteiger partial charge in [-0.05, 0) is 49.0 Å². The molecule has 0 unspecified atom stereocenters. The van der Waals surface area contributed by atoms with Crippen LogP contribution in [0.15, 0.2) is 16.9 Å². The van der Waals surface area contributed by atoms with Gasteiger partial charge in [0.05, 0.1) is 21.4 Å². The van der Waals surface area contributed by atoms with E-state index in [1.807, 2.05) is 0 Å². The topological polar surface area (TPSA) is 64.7 Å². The summed E-state index contributed by atoms with van der Waals surface area (Å²) in [6.07, 6.45) is 0.766. The number of nitrogens with zero attached hydrogens (tertiary/aromatic N) is 4. The highest BCUT2D eigenvalue weighted by Crippen LogP contribution is 2.46. The third-order valence-electron chi connectivity index (χ3n) is 4.68. The van der Waals surface area contributed by atoms with Crippen molar-refractivity contribution in [1.82, 2.24) is 24.9 Å². The molecule has 0 atom stereocenters. The van der Waals surface area contributed by atoms with Gasteiger partial charge in [0.1, 0.15) is 5.54 Å². The SMILES string of the molecule is CC(C)(C(=O)NCCCn1nc(C(F)(F)F)c(Cl)c1C1CC1)n1cc(Br)cn1. The highest BCUT2D eigenvalue weighted by molar-refractivity contribution is 9.10. The molecular formula is C17H20BrClF3N5O. The van der Waals surface area contributed by atoms with Crippen LogP contribution in [0.4, 0.5) is 13.2 Å². The lowest BCUT2D eigenvalue weighted by molar-refractivity contribution is -0.141. The Bertz CT molecular complexity index is 873. The van der Waals surface area contributed by atoms with Crippen LogP contribution in [0.25, 0.3) is 0 Å². The fourth-order valence-corrected chi connectivity index (χ4v) is 3.59. The van der Waals surface area contributed by atoms with E-state index in [9.17, 15) is 18.0 Å². The van der Waals surface area contributed by atoms with E-state index in [1.165, 1.54) is 4.68 Å². The number of nitrogens with one attached hydrogen (secondary N) is 1. The lowest BCUT2D eigenvalue weighted by atomic mass is 10.1. The molecule has 1 aliphatic carbocycles. The summed E-state index contributed by atoms with van der Waals surface area (Å²) < 4.78 is 42.9. The molecule has 1 N–H and O–H groups in total. The van der Waals surface area contributed by atoms with Crippen LogP contribution in [0.2, 0.25) is 5.02 Å². The van der Waals surface area contributed by atoms with Crippen LogP contribution in [0.3, 0.4) is 0 Å². The van der Waals surface area contributed by atoms with E-state index in [-0.39, 0.29) is 23.4 Å². The van der Waals surface area contributed by atoms with Crippen molar-refractivity contribution >= 4 is 33.4 Å². The minimum Gasteiger partial charge on any atom is -0.354 e. The first-order chi connectivity index (χ1) is 13.0. The minimum absolute atomic E-state index is 0.0305. The lowest BCUT2D eigenvalue weighted by Crippen LogP contribution is -2.45. The van der Waals surface area contributed by atoms with E-state index in [0.717, 1.165) is 17.3 Å². The monoisotopic (exact) mass is 481 g/mol. The van der Waals surface area contributed by atoms with Gasteiger partial charge in [0.25, 0.3) is 0 Å². The third-order valence-corrected chi connectivity index (χ3v) is 5.46. The number of aromatic nitrogens is 4. The van der Waals surface area contributed by atoms with E-state index < -0.39 is 17.4 Å². The third kappa shape index (κ3) is 4.37. The van der Waals surface area contributed by atoms with Crippen molar-refractivity contribution < 1.29 is 18.0 Å². The van der Waals surface area contributed by atoms with Gasteiger partial charge >= 0.3 is 6.18 Å². The Labute approximate surface area is 173 Å². The van der Waals surface area contributed by atoms with Crippen molar-refractivity contribution in [2.75, 3.05) is 6.54 Å². The number of hydrogen-bond acceptors (Lipinski definition) is 3. The molecular weight excluding hydrogens is 463 g/mol. The lowest BCUT2D eigenvalue weighted by Gasteiger charge is -2.24. The van der Waals surface area contributed by atoms with Crippen molar-refractivity contribution in [3.8, 4) is 0 Å². The smallest absolute Gasteiger partial charge is 0.354 e. The van der Waals surface area contributed by atoms with Crippen LogP contribution in [0, 0.1) is 0 Å². The summed E-state index contributed by atoms with van der Waals surface area (Å²) in [5.74, 6) is -0.206. The second-order valence-corrected chi connectivity index (χ2v) is 8.61. The van der Waals surface area contributed by atoms with E-state index in [0.29, 0.717) is 18.7 Å². The zero-order valence-corrected chi connectivity index (χ0v) is 17.7. The Morgan fingerprint density at radius 3 is 2.61 bits per heavy atom. The highest BCUT2D eigenvalue weighted by Gasteiger charge is 2.42. The maximum absolute atomic E-state index is 13.1. The summed E-state index contributed by atoms with van der Waals surface area (Å²) in [7, 11) is 0. The molecule has 0 aromatic carbocycles. The molecule has 2 aromatic rings. The van der Waals surface area contributed by atoms with E-state index in [4.69, 9.17) is 11.6 Å². The molecule has 0 saturated heterocycles. The molecule has 0 radical (unpaired) electrons. The average molecular weight is 483 g/mol. The second-order valence-electron chi connectivity index (χ2n) is 7.31. The maximum atomic E-state index is 13.1. The molecule has 11 heteroatoms. The van der Waals surface area contributed by atoms with Crippen LogP contribution in [-0.4, -0.2) is 32.0 Å². The van der Waals surface area contributed by atoms with Crippen molar-refractivity contribution in [3.05, 3.63) is 33.3 Å². The van der Waals surface area contributed by atoms with E-state index in [1.54, 1.807) is 30.9 Å². The Morgan fingerprint density at radius 1 is 1.39 bits per heavy atom. The van der Waals surface area contributed by atoms with Gasteiger partial charge in [0.2, 0.25) is 5.91 Å². The van der Waals surface area contributed by atoms with Gasteiger partial charge in [0, 0.05) is 25.2 Å². The first-order valence-corrected chi connectivity index (χ1v) is 10.0. The molecule has 2 aromatic heterocycles. The molecule has 0 spiro atoms. The maximum Gasteiger partial charge on any atom is 0.436 e. The van der Waals surface area contributed by atoms with Crippen LogP contribution < -0.4 is 5.32 Å². The Balaban J connectivity index is 1.60. The van der Waals surface area contributed by atoms with Crippen molar-refractivity contribution in [1.29, 1.82) is 0 Å². The number of hydrogen-bond donors (Lipinski definition) is 1. The first kappa shape index (κ1) is 21.2. The fraction of sp³-hybridized carbons (Fsp3) is 0.588. The molecule has 2 heterocycles. The van der Waals surface area contributed by atoms with E-state index >= 15 is 0 Å². The summed E-state index contributed by atoms with van der Waals surface area (Å²) in [5, 5.41) is 10.3. The highest BCUT2D eigenvalue weighted by atomic mass is 79.9. The average Bonchev–Trinajstić information content (AvgIpc) is 3.23. The largest absolute Gasteiger partial charge is 0.436 e.